The van der Waals surface area contributed by atoms with E-state index < -0.39 is 0 Å². The summed E-state index contributed by atoms with van der Waals surface area (Å²) in [5.74, 6) is 1.52. The van der Waals surface area contributed by atoms with E-state index in [0.717, 1.165) is 48.6 Å². The fourth-order valence-electron chi connectivity index (χ4n) is 4.18. The Labute approximate surface area is 186 Å². The SMILES string of the molecule is O=C(NCC1CCCCN1c1cc(-c2ccccc2)nc2ncnn12)Nc1ccccc1. The maximum atomic E-state index is 12.4. The Hall–Kier alpha value is -3.94. The number of piperidine rings is 1. The Morgan fingerprint density at radius 3 is 2.62 bits per heavy atom. The number of carbonyl (C=O) groups excluding carboxylic acids is 1. The standard InChI is InChI=1S/C24H25N7O/c32-24(28-19-11-5-2-6-12-19)25-16-20-13-7-8-14-30(20)22-15-21(18-9-3-1-4-10-18)29-23-26-17-27-31(22)23/h1-6,9-12,15,17,20H,7-8,13-14,16H2,(H2,25,28,32). The Morgan fingerprint density at radius 2 is 1.81 bits per heavy atom. The molecule has 0 bridgehead atoms. The fraction of sp³-hybridized carbons (Fsp3) is 0.250. The molecule has 0 aliphatic carbocycles. The fourth-order valence-corrected chi connectivity index (χ4v) is 4.18. The maximum Gasteiger partial charge on any atom is 0.319 e. The third-order valence-electron chi connectivity index (χ3n) is 5.75. The summed E-state index contributed by atoms with van der Waals surface area (Å²) in [5.41, 5.74) is 2.67. The van der Waals surface area contributed by atoms with Gasteiger partial charge in [0.2, 0.25) is 0 Å². The highest BCUT2D eigenvalue weighted by atomic mass is 16.2. The first-order valence-electron chi connectivity index (χ1n) is 10.9. The smallest absolute Gasteiger partial charge is 0.319 e. The van der Waals surface area contributed by atoms with E-state index in [9.17, 15) is 4.79 Å². The van der Waals surface area contributed by atoms with Crippen LogP contribution in [-0.4, -0.2) is 44.7 Å². The molecule has 1 fully saturated rings. The van der Waals surface area contributed by atoms with Gasteiger partial charge < -0.3 is 15.5 Å². The van der Waals surface area contributed by atoms with Crippen LogP contribution >= 0.6 is 0 Å². The number of anilines is 2. The topological polar surface area (TPSA) is 87.5 Å². The molecule has 1 saturated heterocycles. The van der Waals surface area contributed by atoms with Gasteiger partial charge in [-0.25, -0.2) is 9.78 Å². The number of nitrogens with zero attached hydrogens (tertiary/aromatic N) is 5. The molecule has 1 aliphatic heterocycles. The normalized spacial score (nSPS) is 16.1. The Kier molecular flexibility index (Phi) is 5.65. The first-order chi connectivity index (χ1) is 15.8. The van der Waals surface area contributed by atoms with Gasteiger partial charge in [0.15, 0.2) is 0 Å². The lowest BCUT2D eigenvalue weighted by atomic mass is 10.0. The summed E-state index contributed by atoms with van der Waals surface area (Å²) in [7, 11) is 0. The van der Waals surface area contributed by atoms with Crippen molar-refractivity contribution in [3.05, 3.63) is 73.1 Å². The number of benzene rings is 2. The molecule has 4 aromatic rings. The van der Waals surface area contributed by atoms with E-state index in [1.807, 2.05) is 60.7 Å². The average Bonchev–Trinajstić information content (AvgIpc) is 3.32. The van der Waals surface area contributed by atoms with E-state index in [1.54, 1.807) is 4.52 Å². The van der Waals surface area contributed by atoms with Gasteiger partial charge >= 0.3 is 6.03 Å². The number of hydrogen-bond donors (Lipinski definition) is 2. The van der Waals surface area contributed by atoms with Crippen LogP contribution in [0.1, 0.15) is 19.3 Å². The summed E-state index contributed by atoms with van der Waals surface area (Å²) in [6.45, 7) is 1.43. The second-order valence-electron chi connectivity index (χ2n) is 7.88. The maximum absolute atomic E-state index is 12.4. The lowest BCUT2D eigenvalue weighted by Gasteiger charge is -2.37. The highest BCUT2D eigenvalue weighted by molar-refractivity contribution is 5.89. The van der Waals surface area contributed by atoms with E-state index in [2.05, 4.69) is 31.7 Å². The molecule has 8 nitrogen and oxygen atoms in total. The number of nitrogens with one attached hydrogen (secondary N) is 2. The van der Waals surface area contributed by atoms with E-state index in [-0.39, 0.29) is 12.1 Å². The predicted molar refractivity (Wildman–Crippen MR) is 125 cm³/mol. The van der Waals surface area contributed by atoms with E-state index in [4.69, 9.17) is 4.98 Å². The molecule has 1 unspecified atom stereocenters. The molecule has 2 amide bonds. The molecule has 3 heterocycles. The van der Waals surface area contributed by atoms with Gasteiger partial charge in [0.05, 0.1) is 5.69 Å². The molecular weight excluding hydrogens is 402 g/mol. The van der Waals surface area contributed by atoms with Gasteiger partial charge in [0.1, 0.15) is 12.1 Å². The monoisotopic (exact) mass is 427 g/mol. The van der Waals surface area contributed by atoms with Crippen molar-refractivity contribution in [3.8, 4) is 11.3 Å². The number of carbonyl (C=O) groups is 1. The van der Waals surface area contributed by atoms with Crippen molar-refractivity contribution < 1.29 is 4.79 Å². The molecule has 2 N–H and O–H groups in total. The second-order valence-corrected chi connectivity index (χ2v) is 7.88. The lowest BCUT2D eigenvalue weighted by Crippen LogP contribution is -2.48. The predicted octanol–water partition coefficient (Wildman–Crippen LogP) is 3.97. The molecule has 0 saturated carbocycles. The molecule has 32 heavy (non-hydrogen) atoms. The Bertz CT molecular complexity index is 1190. The van der Waals surface area contributed by atoms with Crippen LogP contribution in [0.15, 0.2) is 73.1 Å². The quantitative estimate of drug-likeness (QED) is 0.503. The number of hydrogen-bond acceptors (Lipinski definition) is 5. The number of urea groups is 1. The van der Waals surface area contributed by atoms with Gasteiger partial charge in [-0.05, 0) is 31.4 Å². The van der Waals surface area contributed by atoms with Crippen LogP contribution < -0.4 is 15.5 Å². The summed E-state index contributed by atoms with van der Waals surface area (Å²) in [5, 5.41) is 10.3. The molecule has 2 aromatic heterocycles. The van der Waals surface area contributed by atoms with E-state index in [1.165, 1.54) is 6.33 Å². The third kappa shape index (κ3) is 4.25. The summed E-state index contributed by atoms with van der Waals surface area (Å²) < 4.78 is 1.79. The van der Waals surface area contributed by atoms with Crippen LogP contribution in [0.5, 0.6) is 0 Å². The van der Waals surface area contributed by atoms with Crippen molar-refractivity contribution in [1.82, 2.24) is 24.9 Å². The summed E-state index contributed by atoms with van der Waals surface area (Å²) in [4.78, 5) is 23.8. The van der Waals surface area contributed by atoms with Gasteiger partial charge in [0.25, 0.3) is 5.78 Å². The molecule has 0 radical (unpaired) electrons. The molecule has 162 valence electrons. The number of fused-ring (bicyclic) bond motifs is 1. The summed E-state index contributed by atoms with van der Waals surface area (Å²) >= 11 is 0. The lowest BCUT2D eigenvalue weighted by molar-refractivity contribution is 0.250. The largest absolute Gasteiger partial charge is 0.352 e. The van der Waals surface area contributed by atoms with Gasteiger partial charge in [-0.15, -0.1) is 0 Å². The zero-order valence-electron chi connectivity index (χ0n) is 17.7. The van der Waals surface area contributed by atoms with Gasteiger partial charge in [-0.3, -0.25) is 0 Å². The van der Waals surface area contributed by atoms with E-state index >= 15 is 0 Å². The highest BCUT2D eigenvalue weighted by Gasteiger charge is 2.26. The molecule has 0 spiro atoms. The minimum atomic E-state index is -0.202. The van der Waals surface area contributed by atoms with Crippen LogP contribution in [0.2, 0.25) is 0 Å². The highest BCUT2D eigenvalue weighted by Crippen LogP contribution is 2.28. The molecule has 5 rings (SSSR count). The zero-order chi connectivity index (χ0) is 21.8. The van der Waals surface area contributed by atoms with Crippen molar-refractivity contribution in [2.45, 2.75) is 25.3 Å². The minimum Gasteiger partial charge on any atom is -0.352 e. The Morgan fingerprint density at radius 1 is 1.03 bits per heavy atom. The third-order valence-corrected chi connectivity index (χ3v) is 5.75. The minimum absolute atomic E-state index is 0.156. The summed E-state index contributed by atoms with van der Waals surface area (Å²) in [6.07, 6.45) is 4.74. The number of amides is 2. The number of rotatable bonds is 5. The van der Waals surface area contributed by atoms with Crippen molar-refractivity contribution in [2.24, 2.45) is 0 Å². The van der Waals surface area contributed by atoms with Gasteiger partial charge in [-0.2, -0.15) is 14.6 Å². The average molecular weight is 428 g/mol. The molecular formula is C24H25N7O. The van der Waals surface area contributed by atoms with Crippen molar-refractivity contribution in [1.29, 1.82) is 0 Å². The van der Waals surface area contributed by atoms with Crippen LogP contribution in [0.3, 0.4) is 0 Å². The van der Waals surface area contributed by atoms with Crippen LogP contribution in [0, 0.1) is 0 Å². The molecule has 2 aromatic carbocycles. The first-order valence-corrected chi connectivity index (χ1v) is 10.9. The van der Waals surface area contributed by atoms with Crippen LogP contribution in [0.25, 0.3) is 17.0 Å². The zero-order valence-corrected chi connectivity index (χ0v) is 17.7. The molecule has 1 aliphatic rings. The van der Waals surface area contributed by atoms with Crippen LogP contribution in [0.4, 0.5) is 16.3 Å². The van der Waals surface area contributed by atoms with Crippen molar-refractivity contribution in [3.63, 3.8) is 0 Å². The number of aromatic nitrogens is 4. The summed E-state index contributed by atoms with van der Waals surface area (Å²) in [6, 6.07) is 21.6. The van der Waals surface area contributed by atoms with Gasteiger partial charge in [-0.1, -0.05) is 48.5 Å². The molecule has 1 atom stereocenters. The molecule has 8 heteroatoms. The first kappa shape index (κ1) is 20.0. The van der Waals surface area contributed by atoms with Crippen LogP contribution in [-0.2, 0) is 0 Å². The van der Waals surface area contributed by atoms with Crippen molar-refractivity contribution >= 4 is 23.3 Å². The van der Waals surface area contributed by atoms with Crippen molar-refractivity contribution in [2.75, 3.05) is 23.3 Å². The second kappa shape index (κ2) is 9.05. The number of para-hydroxylation sites is 1. The Balaban J connectivity index is 1.38. The van der Waals surface area contributed by atoms with Gasteiger partial charge in [0, 0.05) is 36.4 Å². The van der Waals surface area contributed by atoms with E-state index in [0.29, 0.717) is 12.3 Å².